The zero-order valence-electron chi connectivity index (χ0n) is 16.8. The van der Waals surface area contributed by atoms with Crippen LogP contribution in [0.1, 0.15) is 13.8 Å². The summed E-state index contributed by atoms with van der Waals surface area (Å²) in [5, 5.41) is 5.29. The highest BCUT2D eigenvalue weighted by Crippen LogP contribution is 2.22. The Morgan fingerprint density at radius 3 is 2.35 bits per heavy atom. The number of benzene rings is 2. The largest absolute Gasteiger partial charge is 0.454 e. The molecule has 0 radical (unpaired) electrons. The van der Waals surface area contributed by atoms with Gasteiger partial charge in [0.05, 0.1) is 11.0 Å². The van der Waals surface area contributed by atoms with Gasteiger partial charge in [-0.05, 0) is 42.3 Å². The van der Waals surface area contributed by atoms with Crippen LogP contribution in [0.3, 0.4) is 0 Å². The number of aromatic nitrogens is 2. The molecule has 31 heavy (non-hydrogen) atoms. The third-order valence-corrected chi connectivity index (χ3v) is 4.55. The molecule has 0 spiro atoms. The lowest BCUT2D eigenvalue weighted by Crippen LogP contribution is -2.42. The Morgan fingerprint density at radius 1 is 1.06 bits per heavy atom. The van der Waals surface area contributed by atoms with Crippen LogP contribution in [0.4, 0.5) is 18.9 Å². The molecular formula is C22H21F3N4O2. The number of imidazole rings is 1. The molecule has 0 saturated heterocycles. The third kappa shape index (κ3) is 5.50. The second kappa shape index (κ2) is 9.03. The minimum Gasteiger partial charge on any atom is -0.379 e. The van der Waals surface area contributed by atoms with Crippen molar-refractivity contribution in [2.24, 2.45) is 5.92 Å². The Hall–Kier alpha value is -3.62. The molecule has 0 aliphatic carbocycles. The van der Waals surface area contributed by atoms with E-state index in [0.29, 0.717) is 17.6 Å². The Labute approximate surface area is 176 Å². The van der Waals surface area contributed by atoms with Gasteiger partial charge in [-0.15, -0.1) is 0 Å². The number of anilines is 1. The van der Waals surface area contributed by atoms with Gasteiger partial charge in [0.1, 0.15) is 11.9 Å². The molecule has 1 heterocycles. The maximum absolute atomic E-state index is 12.6. The van der Waals surface area contributed by atoms with E-state index in [1.54, 1.807) is 38.1 Å². The molecule has 2 aromatic carbocycles. The molecule has 162 valence electrons. The van der Waals surface area contributed by atoms with Gasteiger partial charge in [0.25, 0.3) is 5.78 Å². The van der Waals surface area contributed by atoms with Crippen molar-refractivity contribution in [1.29, 1.82) is 0 Å². The number of H-pyrrole nitrogens is 1. The number of carbonyl (C=O) groups is 2. The van der Waals surface area contributed by atoms with Crippen LogP contribution < -0.4 is 10.6 Å². The van der Waals surface area contributed by atoms with Crippen LogP contribution in [-0.2, 0) is 9.59 Å². The van der Waals surface area contributed by atoms with E-state index < -0.39 is 23.9 Å². The monoisotopic (exact) mass is 430 g/mol. The van der Waals surface area contributed by atoms with Gasteiger partial charge in [-0.1, -0.05) is 26.0 Å². The summed E-state index contributed by atoms with van der Waals surface area (Å²) >= 11 is 0. The van der Waals surface area contributed by atoms with Gasteiger partial charge in [0, 0.05) is 23.5 Å². The molecule has 6 nitrogen and oxygen atoms in total. The molecule has 0 bridgehead atoms. The van der Waals surface area contributed by atoms with Gasteiger partial charge >= 0.3 is 6.18 Å². The minimum atomic E-state index is -4.95. The van der Waals surface area contributed by atoms with Crippen LogP contribution in [0.15, 0.2) is 60.8 Å². The number of nitrogens with one attached hydrogen (secondary N) is 3. The molecule has 1 unspecified atom stereocenters. The number of hydrogen-bond acceptors (Lipinski definition) is 4. The van der Waals surface area contributed by atoms with Crippen molar-refractivity contribution in [1.82, 2.24) is 15.3 Å². The summed E-state index contributed by atoms with van der Waals surface area (Å²) in [7, 11) is 0. The number of aromatic amines is 1. The second-order valence-corrected chi connectivity index (χ2v) is 7.25. The summed E-state index contributed by atoms with van der Waals surface area (Å²) in [4.78, 5) is 31.2. The third-order valence-electron chi connectivity index (χ3n) is 4.55. The Balaban J connectivity index is 1.66. The van der Waals surface area contributed by atoms with Crippen molar-refractivity contribution < 1.29 is 22.8 Å². The SMILES string of the molecule is CC(C)C(NC=CC(=O)C(F)(F)F)C(=O)Nc1ccc(-c2nc3ccccc3[nH]2)cc1. The van der Waals surface area contributed by atoms with E-state index in [0.717, 1.165) is 22.8 Å². The molecule has 0 aliphatic rings. The fraction of sp³-hybridized carbons (Fsp3) is 0.227. The first-order chi connectivity index (χ1) is 14.6. The predicted molar refractivity (Wildman–Crippen MR) is 112 cm³/mol. The number of amides is 1. The van der Waals surface area contributed by atoms with Gasteiger partial charge < -0.3 is 15.6 Å². The van der Waals surface area contributed by atoms with Crippen molar-refractivity contribution in [2.75, 3.05) is 5.32 Å². The highest BCUT2D eigenvalue weighted by molar-refractivity contribution is 5.96. The first-order valence-corrected chi connectivity index (χ1v) is 9.55. The van der Waals surface area contributed by atoms with E-state index >= 15 is 0 Å². The van der Waals surface area contributed by atoms with E-state index in [1.165, 1.54) is 0 Å². The van der Waals surface area contributed by atoms with Gasteiger partial charge in [-0.25, -0.2) is 4.98 Å². The predicted octanol–water partition coefficient (Wildman–Crippen LogP) is 4.43. The van der Waals surface area contributed by atoms with E-state index in [2.05, 4.69) is 20.6 Å². The summed E-state index contributed by atoms with van der Waals surface area (Å²) in [5.41, 5.74) is 3.12. The minimum absolute atomic E-state index is 0.236. The van der Waals surface area contributed by atoms with Crippen molar-refractivity contribution in [2.45, 2.75) is 26.1 Å². The topological polar surface area (TPSA) is 86.9 Å². The van der Waals surface area contributed by atoms with E-state index in [4.69, 9.17) is 0 Å². The number of allylic oxidation sites excluding steroid dienone is 1. The van der Waals surface area contributed by atoms with Crippen molar-refractivity contribution in [3.8, 4) is 11.4 Å². The summed E-state index contributed by atoms with van der Waals surface area (Å²) in [6, 6.07) is 13.8. The smallest absolute Gasteiger partial charge is 0.379 e. The van der Waals surface area contributed by atoms with Crippen molar-refractivity contribution in [3.05, 3.63) is 60.8 Å². The lowest BCUT2D eigenvalue weighted by atomic mass is 10.0. The molecule has 0 saturated carbocycles. The molecule has 1 atom stereocenters. The number of hydrogen-bond donors (Lipinski definition) is 3. The lowest BCUT2D eigenvalue weighted by Gasteiger charge is -2.20. The molecule has 3 aromatic rings. The van der Waals surface area contributed by atoms with E-state index in [9.17, 15) is 22.8 Å². The van der Waals surface area contributed by atoms with Crippen LogP contribution in [-0.4, -0.2) is 33.9 Å². The highest BCUT2D eigenvalue weighted by Gasteiger charge is 2.36. The zero-order chi connectivity index (χ0) is 22.6. The van der Waals surface area contributed by atoms with E-state index in [1.807, 2.05) is 24.3 Å². The molecule has 0 aliphatic heterocycles. The first kappa shape index (κ1) is 22.1. The number of rotatable bonds is 7. The number of nitrogens with zero attached hydrogens (tertiary/aromatic N) is 1. The zero-order valence-corrected chi connectivity index (χ0v) is 16.8. The summed E-state index contributed by atoms with van der Waals surface area (Å²) < 4.78 is 36.8. The van der Waals surface area contributed by atoms with E-state index in [-0.39, 0.29) is 5.92 Å². The Bertz CT molecular complexity index is 1070. The summed E-state index contributed by atoms with van der Waals surface area (Å²) in [6.07, 6.45) is -3.73. The standard InChI is InChI=1S/C22H21F3N4O2/c1-13(2)19(26-12-11-18(30)22(23,24)25)21(31)27-15-9-7-14(8-10-15)20-28-16-5-3-4-6-17(16)29-20/h3-13,19,26H,1-2H3,(H,27,31)(H,28,29). The highest BCUT2D eigenvalue weighted by atomic mass is 19.4. The molecule has 1 amide bonds. The van der Waals surface area contributed by atoms with Crippen LogP contribution in [0.5, 0.6) is 0 Å². The normalized spacial score (nSPS) is 13.0. The average molecular weight is 430 g/mol. The van der Waals surface area contributed by atoms with Crippen LogP contribution in [0.25, 0.3) is 22.4 Å². The van der Waals surface area contributed by atoms with Crippen molar-refractivity contribution in [3.63, 3.8) is 0 Å². The number of halogens is 3. The first-order valence-electron chi connectivity index (χ1n) is 9.55. The summed E-state index contributed by atoms with van der Waals surface area (Å²) in [5.74, 6) is -1.97. The number of carbonyl (C=O) groups excluding carboxylic acids is 2. The van der Waals surface area contributed by atoms with Crippen LogP contribution >= 0.6 is 0 Å². The number of fused-ring (bicyclic) bond motifs is 1. The van der Waals surface area contributed by atoms with Gasteiger partial charge in [-0.3, -0.25) is 9.59 Å². The quantitative estimate of drug-likeness (QED) is 0.484. The number of ketones is 1. The number of alkyl halides is 3. The molecule has 1 aromatic heterocycles. The van der Waals surface area contributed by atoms with Crippen molar-refractivity contribution >= 4 is 28.4 Å². The lowest BCUT2D eigenvalue weighted by molar-refractivity contribution is -0.165. The fourth-order valence-corrected chi connectivity index (χ4v) is 2.91. The maximum Gasteiger partial charge on any atom is 0.454 e. The fourth-order valence-electron chi connectivity index (χ4n) is 2.91. The van der Waals surface area contributed by atoms with Gasteiger partial charge in [-0.2, -0.15) is 13.2 Å². The Morgan fingerprint density at radius 2 is 1.74 bits per heavy atom. The molecule has 3 rings (SSSR count). The van der Waals surface area contributed by atoms with Gasteiger partial charge in [0.2, 0.25) is 5.91 Å². The second-order valence-electron chi connectivity index (χ2n) is 7.25. The molecule has 0 fully saturated rings. The van der Waals surface area contributed by atoms with Gasteiger partial charge in [0.15, 0.2) is 0 Å². The van der Waals surface area contributed by atoms with Crippen LogP contribution in [0, 0.1) is 5.92 Å². The Kier molecular flexibility index (Phi) is 6.43. The van der Waals surface area contributed by atoms with Crippen LogP contribution in [0.2, 0.25) is 0 Å². The maximum atomic E-state index is 12.6. The molecule has 3 N–H and O–H groups in total. The summed E-state index contributed by atoms with van der Waals surface area (Å²) in [6.45, 7) is 3.47. The molecular weight excluding hydrogens is 409 g/mol. The number of para-hydroxylation sites is 2. The molecule has 9 heteroatoms. The average Bonchev–Trinajstić information content (AvgIpc) is 3.14.